The Balaban J connectivity index is 1.44. The fourth-order valence-electron chi connectivity index (χ4n) is 2.78. The lowest BCUT2D eigenvalue weighted by atomic mass is 10.1. The largest absolute Gasteiger partial charge is 0.350 e. The van der Waals surface area contributed by atoms with E-state index in [1.165, 1.54) is 0 Å². The first-order chi connectivity index (χ1) is 12.0. The molecule has 2 atom stereocenters. The lowest BCUT2D eigenvalue weighted by Gasteiger charge is -2.07. The Kier molecular flexibility index (Phi) is 5.07. The first-order valence-corrected chi connectivity index (χ1v) is 8.08. The second kappa shape index (κ2) is 7.42. The minimum Gasteiger partial charge on any atom is -0.350 e. The molecule has 3 rings (SSSR count). The molecule has 2 aromatic rings. The molecule has 0 bridgehead atoms. The molecule has 130 valence electrons. The molecule has 0 spiro atoms. The predicted octanol–water partition coefficient (Wildman–Crippen LogP) is 2.50. The quantitative estimate of drug-likeness (QED) is 0.846. The van der Waals surface area contributed by atoms with Crippen molar-refractivity contribution in [3.8, 4) is 0 Å². The fraction of sp³-hybridized carbons (Fsp3) is 0.263. The number of carbonyl (C=O) groups is 2. The van der Waals surface area contributed by atoms with E-state index in [-0.39, 0.29) is 29.8 Å². The van der Waals surface area contributed by atoms with Crippen molar-refractivity contribution in [1.82, 2.24) is 10.6 Å². The van der Waals surface area contributed by atoms with Gasteiger partial charge in [-0.25, -0.2) is 8.78 Å². The van der Waals surface area contributed by atoms with E-state index in [0.717, 1.165) is 23.8 Å². The summed E-state index contributed by atoms with van der Waals surface area (Å²) < 4.78 is 26.9. The third-order valence-corrected chi connectivity index (χ3v) is 4.24. The molecule has 0 radical (unpaired) electrons. The predicted molar refractivity (Wildman–Crippen MR) is 88.5 cm³/mol. The maximum Gasteiger partial charge on any atom is 0.239 e. The fourth-order valence-corrected chi connectivity index (χ4v) is 2.78. The van der Waals surface area contributed by atoms with Crippen molar-refractivity contribution in [3.63, 3.8) is 0 Å². The Morgan fingerprint density at radius 1 is 1.04 bits per heavy atom. The van der Waals surface area contributed by atoms with Crippen molar-refractivity contribution in [3.05, 3.63) is 71.3 Å². The number of carbonyl (C=O) groups excluding carboxylic acids is 2. The average Bonchev–Trinajstić information content (AvgIpc) is 3.41. The Hall–Kier alpha value is -2.76. The summed E-state index contributed by atoms with van der Waals surface area (Å²) in [5.41, 5.74) is 1.18. The third kappa shape index (κ3) is 4.41. The van der Waals surface area contributed by atoms with Crippen molar-refractivity contribution < 1.29 is 18.4 Å². The van der Waals surface area contributed by atoms with E-state index >= 15 is 0 Å². The highest BCUT2D eigenvalue weighted by Gasteiger charge is 2.45. The highest BCUT2D eigenvalue weighted by atomic mass is 19.1. The van der Waals surface area contributed by atoms with E-state index in [0.29, 0.717) is 13.0 Å². The van der Waals surface area contributed by atoms with Crippen molar-refractivity contribution in [2.24, 2.45) is 5.92 Å². The van der Waals surface area contributed by atoms with Crippen LogP contribution >= 0.6 is 0 Å². The summed E-state index contributed by atoms with van der Waals surface area (Å²) in [7, 11) is 0. The molecule has 1 aliphatic carbocycles. The van der Waals surface area contributed by atoms with Crippen LogP contribution in [0.15, 0.2) is 48.5 Å². The topological polar surface area (TPSA) is 58.2 Å². The van der Waals surface area contributed by atoms with Crippen LogP contribution in [-0.2, 0) is 16.1 Å². The number of amides is 2. The van der Waals surface area contributed by atoms with Gasteiger partial charge >= 0.3 is 0 Å². The van der Waals surface area contributed by atoms with Gasteiger partial charge in [0.2, 0.25) is 11.8 Å². The summed E-state index contributed by atoms with van der Waals surface area (Å²) in [6, 6.07) is 12.7. The molecule has 6 heteroatoms. The third-order valence-electron chi connectivity index (χ3n) is 4.24. The van der Waals surface area contributed by atoms with E-state index in [1.807, 2.05) is 30.3 Å². The van der Waals surface area contributed by atoms with Crippen LogP contribution in [0.2, 0.25) is 0 Å². The minimum absolute atomic E-state index is 0.138. The molecule has 0 aromatic heterocycles. The van der Waals surface area contributed by atoms with Crippen molar-refractivity contribution in [1.29, 1.82) is 0 Å². The Labute approximate surface area is 144 Å². The molecule has 1 aliphatic rings. The maximum atomic E-state index is 13.7. The zero-order chi connectivity index (χ0) is 17.8. The monoisotopic (exact) mass is 344 g/mol. The van der Waals surface area contributed by atoms with Crippen molar-refractivity contribution >= 4 is 11.8 Å². The second-order valence-electron chi connectivity index (χ2n) is 6.09. The van der Waals surface area contributed by atoms with Gasteiger partial charge in [0, 0.05) is 12.5 Å². The molecule has 4 nitrogen and oxygen atoms in total. The summed E-state index contributed by atoms with van der Waals surface area (Å²) >= 11 is 0. The number of hydrogen-bond acceptors (Lipinski definition) is 2. The second-order valence-corrected chi connectivity index (χ2v) is 6.09. The number of halogens is 2. The molecule has 0 heterocycles. The first kappa shape index (κ1) is 17.1. The maximum absolute atomic E-state index is 13.7. The Bertz CT molecular complexity index is 780. The molecule has 0 aliphatic heterocycles. The summed E-state index contributed by atoms with van der Waals surface area (Å²) in [6.45, 7) is 0.247. The molecule has 1 fully saturated rings. The van der Waals surface area contributed by atoms with Crippen LogP contribution in [0.5, 0.6) is 0 Å². The summed E-state index contributed by atoms with van der Waals surface area (Å²) in [6.07, 6.45) is 0.456. The molecule has 1 saturated carbocycles. The number of benzene rings is 2. The van der Waals surface area contributed by atoms with Gasteiger partial charge in [0.25, 0.3) is 0 Å². The summed E-state index contributed by atoms with van der Waals surface area (Å²) in [5, 5.41) is 5.26. The molecule has 25 heavy (non-hydrogen) atoms. The van der Waals surface area contributed by atoms with Crippen LogP contribution in [0.1, 0.15) is 23.5 Å². The molecule has 2 N–H and O–H groups in total. The van der Waals surface area contributed by atoms with E-state index in [9.17, 15) is 18.4 Å². The van der Waals surface area contributed by atoms with Crippen LogP contribution in [-0.4, -0.2) is 18.4 Å². The van der Waals surface area contributed by atoms with Crippen LogP contribution in [0.3, 0.4) is 0 Å². The van der Waals surface area contributed by atoms with Gasteiger partial charge in [0.15, 0.2) is 0 Å². The molecular formula is C19H18F2N2O2. The molecule has 2 aromatic carbocycles. The molecule has 2 amide bonds. The highest BCUT2D eigenvalue weighted by Crippen LogP contribution is 2.48. The van der Waals surface area contributed by atoms with Gasteiger partial charge in [-0.2, -0.15) is 0 Å². The van der Waals surface area contributed by atoms with Gasteiger partial charge in [0.05, 0.1) is 6.54 Å². The normalized spacial score (nSPS) is 18.5. The zero-order valence-corrected chi connectivity index (χ0v) is 13.5. The standard InChI is InChI=1S/C19H18F2N2O2/c20-13-6-7-17(21)15(8-13)14-9-16(14)19(25)23-11-18(24)22-10-12-4-2-1-3-5-12/h1-8,14,16H,9-11H2,(H,22,24)(H,23,25)/t14-,16-/m0/s1. The lowest BCUT2D eigenvalue weighted by Crippen LogP contribution is -2.37. The minimum atomic E-state index is -0.525. The van der Waals surface area contributed by atoms with E-state index in [2.05, 4.69) is 10.6 Å². The van der Waals surface area contributed by atoms with Crippen LogP contribution in [0, 0.1) is 17.6 Å². The highest BCUT2D eigenvalue weighted by molar-refractivity contribution is 5.87. The number of hydrogen-bond donors (Lipinski definition) is 2. The average molecular weight is 344 g/mol. The lowest BCUT2D eigenvalue weighted by molar-refractivity contribution is -0.126. The van der Waals surface area contributed by atoms with Gasteiger partial charge in [-0.1, -0.05) is 30.3 Å². The van der Waals surface area contributed by atoms with Gasteiger partial charge in [-0.05, 0) is 41.7 Å². The van der Waals surface area contributed by atoms with Crippen LogP contribution < -0.4 is 10.6 Å². The number of nitrogens with one attached hydrogen (secondary N) is 2. The van der Waals surface area contributed by atoms with Gasteiger partial charge < -0.3 is 10.6 Å². The van der Waals surface area contributed by atoms with E-state index in [4.69, 9.17) is 0 Å². The van der Waals surface area contributed by atoms with Crippen LogP contribution in [0.25, 0.3) is 0 Å². The summed E-state index contributed by atoms with van der Waals surface area (Å²) in [4.78, 5) is 23.8. The Morgan fingerprint density at radius 3 is 2.56 bits per heavy atom. The Morgan fingerprint density at radius 2 is 1.80 bits per heavy atom. The van der Waals surface area contributed by atoms with Gasteiger partial charge in [-0.3, -0.25) is 9.59 Å². The van der Waals surface area contributed by atoms with E-state index < -0.39 is 17.6 Å². The van der Waals surface area contributed by atoms with Crippen molar-refractivity contribution in [2.45, 2.75) is 18.9 Å². The van der Waals surface area contributed by atoms with Gasteiger partial charge in [0.1, 0.15) is 11.6 Å². The first-order valence-electron chi connectivity index (χ1n) is 8.08. The van der Waals surface area contributed by atoms with Crippen LogP contribution in [0.4, 0.5) is 8.78 Å². The molecule has 0 saturated heterocycles. The molecule has 0 unspecified atom stereocenters. The molecular weight excluding hydrogens is 326 g/mol. The smallest absolute Gasteiger partial charge is 0.239 e. The van der Waals surface area contributed by atoms with Gasteiger partial charge in [-0.15, -0.1) is 0 Å². The van der Waals surface area contributed by atoms with E-state index in [1.54, 1.807) is 0 Å². The number of rotatable bonds is 6. The SMILES string of the molecule is O=C(CNC(=O)[C@H]1C[C@H]1c1cc(F)ccc1F)NCc1ccccc1. The summed E-state index contributed by atoms with van der Waals surface area (Å²) in [5.74, 6) is -2.40. The zero-order valence-electron chi connectivity index (χ0n) is 13.5. The van der Waals surface area contributed by atoms with Crippen molar-refractivity contribution in [2.75, 3.05) is 6.54 Å².